The highest BCUT2D eigenvalue weighted by Crippen LogP contribution is 2.30. The van der Waals surface area contributed by atoms with Crippen LogP contribution in [0.25, 0.3) is 0 Å². The summed E-state index contributed by atoms with van der Waals surface area (Å²) < 4.78 is 0. The van der Waals surface area contributed by atoms with Crippen LogP contribution >= 0.6 is 0 Å². The third-order valence-electron chi connectivity index (χ3n) is 3.41. The summed E-state index contributed by atoms with van der Waals surface area (Å²) in [4.78, 5) is 12.4. The Balaban J connectivity index is 2.26. The standard InChI is InChI=1S/C13H18N2O3/c1-10-8-11(15(17)18)4-5-12(10)14-7-3-6-13(2,16)9-14/h4-5,8,16H,3,6-7,9H2,1-2H3. The molecule has 1 aromatic rings. The summed E-state index contributed by atoms with van der Waals surface area (Å²) in [7, 11) is 0. The van der Waals surface area contributed by atoms with Gasteiger partial charge in [-0.15, -0.1) is 0 Å². The summed E-state index contributed by atoms with van der Waals surface area (Å²) in [6.45, 7) is 5.16. The molecule has 1 aromatic carbocycles. The van der Waals surface area contributed by atoms with E-state index >= 15 is 0 Å². The first-order valence-corrected chi connectivity index (χ1v) is 6.11. The van der Waals surface area contributed by atoms with Gasteiger partial charge in [0.25, 0.3) is 5.69 Å². The molecule has 1 heterocycles. The zero-order chi connectivity index (χ0) is 13.3. The Morgan fingerprint density at radius 2 is 2.22 bits per heavy atom. The highest BCUT2D eigenvalue weighted by molar-refractivity contribution is 5.57. The number of aryl methyl sites for hydroxylation is 1. The quantitative estimate of drug-likeness (QED) is 0.645. The SMILES string of the molecule is Cc1cc([N+](=O)[O-])ccc1N1CCCC(C)(O)C1. The predicted molar refractivity (Wildman–Crippen MR) is 69.9 cm³/mol. The minimum atomic E-state index is -0.674. The Morgan fingerprint density at radius 3 is 2.78 bits per heavy atom. The Labute approximate surface area is 106 Å². The molecule has 1 saturated heterocycles. The Bertz CT molecular complexity index is 471. The predicted octanol–water partition coefficient (Wildman–Crippen LogP) is 2.25. The Kier molecular flexibility index (Phi) is 3.26. The van der Waals surface area contributed by atoms with Gasteiger partial charge in [-0.25, -0.2) is 0 Å². The van der Waals surface area contributed by atoms with E-state index in [4.69, 9.17) is 0 Å². The molecule has 1 N–H and O–H groups in total. The first-order chi connectivity index (χ1) is 8.39. The summed E-state index contributed by atoms with van der Waals surface area (Å²) in [5, 5.41) is 20.8. The molecule has 18 heavy (non-hydrogen) atoms. The van der Waals surface area contributed by atoms with Gasteiger partial charge in [-0.05, 0) is 38.3 Å². The molecule has 5 heteroatoms. The van der Waals surface area contributed by atoms with Crippen LogP contribution in [0.1, 0.15) is 25.3 Å². The van der Waals surface area contributed by atoms with Crippen LogP contribution in [0.2, 0.25) is 0 Å². The fourth-order valence-electron chi connectivity index (χ4n) is 2.53. The van der Waals surface area contributed by atoms with Gasteiger partial charge >= 0.3 is 0 Å². The van der Waals surface area contributed by atoms with E-state index in [1.807, 2.05) is 13.8 Å². The fraction of sp³-hybridized carbons (Fsp3) is 0.538. The molecule has 1 fully saturated rings. The first kappa shape index (κ1) is 12.8. The number of hydrogen-bond donors (Lipinski definition) is 1. The van der Waals surface area contributed by atoms with Crippen molar-refractivity contribution in [3.8, 4) is 0 Å². The van der Waals surface area contributed by atoms with E-state index in [1.54, 1.807) is 12.1 Å². The fourth-order valence-corrected chi connectivity index (χ4v) is 2.53. The molecule has 0 saturated carbocycles. The molecule has 1 aliphatic rings. The van der Waals surface area contributed by atoms with Gasteiger partial charge in [-0.1, -0.05) is 0 Å². The number of nitro groups is 1. The average Bonchev–Trinajstić information content (AvgIpc) is 2.27. The lowest BCUT2D eigenvalue weighted by Crippen LogP contribution is -2.46. The first-order valence-electron chi connectivity index (χ1n) is 6.11. The van der Waals surface area contributed by atoms with Gasteiger partial charge in [-0.2, -0.15) is 0 Å². The molecule has 2 rings (SSSR count). The second kappa shape index (κ2) is 4.57. The van der Waals surface area contributed by atoms with Crippen LogP contribution in [-0.4, -0.2) is 28.7 Å². The lowest BCUT2D eigenvalue weighted by atomic mass is 9.94. The van der Waals surface area contributed by atoms with Gasteiger partial charge in [0.05, 0.1) is 10.5 Å². The van der Waals surface area contributed by atoms with Crippen molar-refractivity contribution < 1.29 is 10.0 Å². The summed E-state index contributed by atoms with van der Waals surface area (Å²) >= 11 is 0. The van der Waals surface area contributed by atoms with Gasteiger partial charge in [0.2, 0.25) is 0 Å². The number of nitro benzene ring substituents is 1. The molecule has 0 bridgehead atoms. The molecule has 1 aliphatic heterocycles. The number of aliphatic hydroxyl groups is 1. The molecule has 0 radical (unpaired) electrons. The molecule has 0 aromatic heterocycles. The molecule has 0 aliphatic carbocycles. The van der Waals surface area contributed by atoms with Crippen LogP contribution in [-0.2, 0) is 0 Å². The number of anilines is 1. The summed E-state index contributed by atoms with van der Waals surface area (Å²) in [6, 6.07) is 4.87. The van der Waals surface area contributed by atoms with Gasteiger partial charge in [0, 0.05) is 30.9 Å². The zero-order valence-electron chi connectivity index (χ0n) is 10.7. The molecule has 1 atom stereocenters. The lowest BCUT2D eigenvalue weighted by molar-refractivity contribution is -0.384. The Hall–Kier alpha value is -1.62. The number of hydrogen-bond acceptors (Lipinski definition) is 4. The lowest BCUT2D eigenvalue weighted by Gasteiger charge is -2.38. The molecular formula is C13H18N2O3. The molecule has 0 spiro atoms. The van der Waals surface area contributed by atoms with Crippen molar-refractivity contribution in [2.24, 2.45) is 0 Å². The van der Waals surface area contributed by atoms with Crippen molar-refractivity contribution >= 4 is 11.4 Å². The maximum atomic E-state index is 10.7. The van der Waals surface area contributed by atoms with E-state index in [2.05, 4.69) is 4.90 Å². The van der Waals surface area contributed by atoms with Crippen LogP contribution in [0.15, 0.2) is 18.2 Å². The average molecular weight is 250 g/mol. The number of non-ortho nitro benzene ring substituents is 1. The maximum Gasteiger partial charge on any atom is 0.269 e. The van der Waals surface area contributed by atoms with Crippen molar-refractivity contribution in [3.05, 3.63) is 33.9 Å². The number of rotatable bonds is 2. The van der Waals surface area contributed by atoms with Gasteiger partial charge in [0.1, 0.15) is 0 Å². The number of benzene rings is 1. The normalized spacial score (nSPS) is 24.1. The zero-order valence-corrected chi connectivity index (χ0v) is 10.7. The van der Waals surface area contributed by atoms with Gasteiger partial charge in [0.15, 0.2) is 0 Å². The summed E-state index contributed by atoms with van der Waals surface area (Å²) in [5.41, 5.74) is 1.29. The molecule has 1 unspecified atom stereocenters. The highest BCUT2D eigenvalue weighted by atomic mass is 16.6. The van der Waals surface area contributed by atoms with Crippen molar-refractivity contribution in [1.29, 1.82) is 0 Å². The van der Waals surface area contributed by atoms with Crippen molar-refractivity contribution in [2.45, 2.75) is 32.3 Å². The number of piperidine rings is 1. The number of β-amino-alcohol motifs (C(OH)–C–C–N with tert-alkyl or cyclic N) is 1. The van der Waals surface area contributed by atoms with E-state index in [0.717, 1.165) is 30.6 Å². The second-order valence-electron chi connectivity index (χ2n) is 5.25. The monoisotopic (exact) mass is 250 g/mol. The van der Waals surface area contributed by atoms with Crippen LogP contribution in [0.4, 0.5) is 11.4 Å². The summed E-state index contributed by atoms with van der Waals surface area (Å²) in [6.07, 6.45) is 1.74. The van der Waals surface area contributed by atoms with Gasteiger partial charge in [-0.3, -0.25) is 10.1 Å². The maximum absolute atomic E-state index is 10.7. The topological polar surface area (TPSA) is 66.6 Å². The van der Waals surface area contributed by atoms with E-state index in [9.17, 15) is 15.2 Å². The molecule has 0 amide bonds. The smallest absolute Gasteiger partial charge is 0.269 e. The molecular weight excluding hydrogens is 232 g/mol. The van der Waals surface area contributed by atoms with E-state index < -0.39 is 5.60 Å². The highest BCUT2D eigenvalue weighted by Gasteiger charge is 2.29. The van der Waals surface area contributed by atoms with Crippen molar-refractivity contribution in [2.75, 3.05) is 18.0 Å². The minimum Gasteiger partial charge on any atom is -0.388 e. The minimum absolute atomic E-state index is 0.111. The van der Waals surface area contributed by atoms with E-state index in [1.165, 1.54) is 6.07 Å². The number of nitrogens with zero attached hydrogens (tertiary/aromatic N) is 2. The van der Waals surface area contributed by atoms with Crippen LogP contribution in [0.5, 0.6) is 0 Å². The third kappa shape index (κ3) is 2.61. The van der Waals surface area contributed by atoms with Crippen molar-refractivity contribution in [3.63, 3.8) is 0 Å². The van der Waals surface area contributed by atoms with Crippen molar-refractivity contribution in [1.82, 2.24) is 0 Å². The van der Waals surface area contributed by atoms with Crippen LogP contribution in [0, 0.1) is 17.0 Å². The largest absolute Gasteiger partial charge is 0.388 e. The van der Waals surface area contributed by atoms with Gasteiger partial charge < -0.3 is 10.0 Å². The van der Waals surface area contributed by atoms with E-state index in [0.29, 0.717) is 6.54 Å². The van der Waals surface area contributed by atoms with E-state index in [-0.39, 0.29) is 10.6 Å². The molecule has 98 valence electrons. The Morgan fingerprint density at radius 1 is 1.50 bits per heavy atom. The summed E-state index contributed by atoms with van der Waals surface area (Å²) in [5.74, 6) is 0. The third-order valence-corrected chi connectivity index (χ3v) is 3.41. The van der Waals surface area contributed by atoms with Crippen LogP contribution in [0.3, 0.4) is 0 Å². The second-order valence-corrected chi connectivity index (χ2v) is 5.25. The molecule has 5 nitrogen and oxygen atoms in total. The van der Waals surface area contributed by atoms with Crippen LogP contribution < -0.4 is 4.90 Å².